The number of benzene rings is 2. The summed E-state index contributed by atoms with van der Waals surface area (Å²) in [5.74, 6) is 0. The molecule has 0 bridgehead atoms. The Morgan fingerprint density at radius 3 is 1.32 bits per heavy atom. The highest BCUT2D eigenvalue weighted by atomic mass is 127. The smallest absolute Gasteiger partial charge is 0.103 e. The number of hydrogen-bond donors (Lipinski definition) is 2. The van der Waals surface area contributed by atoms with Crippen molar-refractivity contribution < 1.29 is 10.2 Å². The van der Waals surface area contributed by atoms with Crippen molar-refractivity contribution in [1.29, 1.82) is 0 Å². The van der Waals surface area contributed by atoms with E-state index in [1.165, 1.54) is 0 Å². The molecule has 0 aliphatic rings. The van der Waals surface area contributed by atoms with E-state index in [9.17, 15) is 10.2 Å². The zero-order chi connectivity index (χ0) is 15.9. The summed E-state index contributed by atoms with van der Waals surface area (Å²) in [6.45, 7) is 0. The van der Waals surface area contributed by atoms with Gasteiger partial charge in [0, 0.05) is 7.16 Å². The number of aliphatic hydroxyl groups is 2. The SMILES string of the molecule is O[C@H](/C=C(/I)c1ccccc1)[C@H](O)/C=C(/I)c1ccccc1. The van der Waals surface area contributed by atoms with Crippen LogP contribution in [0, 0.1) is 0 Å². The third-order valence-corrected chi connectivity index (χ3v) is 5.05. The molecule has 2 atom stereocenters. The zero-order valence-electron chi connectivity index (χ0n) is 11.7. The predicted octanol–water partition coefficient (Wildman–Crippen LogP) is 4.66. The topological polar surface area (TPSA) is 40.5 Å². The van der Waals surface area contributed by atoms with E-state index in [2.05, 4.69) is 45.2 Å². The molecule has 22 heavy (non-hydrogen) atoms. The molecular formula is C18H16I2O2. The summed E-state index contributed by atoms with van der Waals surface area (Å²) in [6, 6.07) is 19.6. The molecule has 0 aromatic heterocycles. The molecule has 0 amide bonds. The van der Waals surface area contributed by atoms with Crippen LogP contribution in [0.15, 0.2) is 72.8 Å². The van der Waals surface area contributed by atoms with E-state index in [0.717, 1.165) is 18.3 Å². The largest absolute Gasteiger partial charge is 0.386 e. The van der Waals surface area contributed by atoms with Crippen LogP contribution in [-0.2, 0) is 0 Å². The maximum absolute atomic E-state index is 10.2. The zero-order valence-corrected chi connectivity index (χ0v) is 16.0. The summed E-state index contributed by atoms with van der Waals surface area (Å²) in [4.78, 5) is 0. The van der Waals surface area contributed by atoms with E-state index >= 15 is 0 Å². The second kappa shape index (κ2) is 8.81. The van der Waals surface area contributed by atoms with Gasteiger partial charge in [0.2, 0.25) is 0 Å². The van der Waals surface area contributed by atoms with Gasteiger partial charge < -0.3 is 10.2 Å². The molecule has 0 heterocycles. The average Bonchev–Trinajstić information content (AvgIpc) is 2.56. The molecule has 2 aromatic rings. The second-order valence-electron chi connectivity index (χ2n) is 4.74. The molecule has 0 spiro atoms. The van der Waals surface area contributed by atoms with Crippen molar-refractivity contribution >= 4 is 52.3 Å². The molecule has 4 heteroatoms. The molecule has 2 rings (SSSR count). The number of rotatable bonds is 5. The van der Waals surface area contributed by atoms with Gasteiger partial charge in [-0.1, -0.05) is 60.7 Å². The van der Waals surface area contributed by atoms with Crippen molar-refractivity contribution in [2.24, 2.45) is 0 Å². The molecule has 2 nitrogen and oxygen atoms in total. The van der Waals surface area contributed by atoms with Crippen molar-refractivity contribution in [2.45, 2.75) is 12.2 Å². The van der Waals surface area contributed by atoms with Gasteiger partial charge in [0.1, 0.15) is 12.2 Å². The fourth-order valence-electron chi connectivity index (χ4n) is 1.88. The first kappa shape index (κ1) is 17.7. The van der Waals surface area contributed by atoms with Crippen LogP contribution in [0.5, 0.6) is 0 Å². The monoisotopic (exact) mass is 518 g/mol. The Morgan fingerprint density at radius 1 is 0.682 bits per heavy atom. The Kier molecular flexibility index (Phi) is 7.07. The Morgan fingerprint density at radius 2 is 1.00 bits per heavy atom. The van der Waals surface area contributed by atoms with Gasteiger partial charge in [-0.15, -0.1) is 0 Å². The maximum Gasteiger partial charge on any atom is 0.103 e. The van der Waals surface area contributed by atoms with Gasteiger partial charge in [-0.25, -0.2) is 0 Å². The molecule has 0 fully saturated rings. The quantitative estimate of drug-likeness (QED) is 0.566. The van der Waals surface area contributed by atoms with Crippen LogP contribution in [0.2, 0.25) is 0 Å². The molecule has 114 valence electrons. The minimum absolute atomic E-state index is 0.910. The number of halogens is 2. The van der Waals surface area contributed by atoms with E-state index < -0.39 is 12.2 Å². The van der Waals surface area contributed by atoms with E-state index in [-0.39, 0.29) is 0 Å². The summed E-state index contributed by atoms with van der Waals surface area (Å²) >= 11 is 4.34. The minimum Gasteiger partial charge on any atom is -0.386 e. The van der Waals surface area contributed by atoms with Crippen LogP contribution in [0.1, 0.15) is 11.1 Å². The standard InChI is InChI=1S/C18H16I2O2/c19-15(13-7-3-1-4-8-13)11-17(21)18(22)12-16(20)14-9-5-2-6-10-14/h1-12,17-18,21-22H/b15-11+,16-12+/t17-,18-/m1/s1. The third-order valence-electron chi connectivity index (χ3n) is 3.08. The van der Waals surface area contributed by atoms with E-state index in [4.69, 9.17) is 0 Å². The molecule has 2 N–H and O–H groups in total. The predicted molar refractivity (Wildman–Crippen MR) is 109 cm³/mol. The Balaban J connectivity index is 2.11. The van der Waals surface area contributed by atoms with Crippen LogP contribution < -0.4 is 0 Å². The van der Waals surface area contributed by atoms with E-state index in [1.807, 2.05) is 60.7 Å². The average molecular weight is 518 g/mol. The Hall–Kier alpha value is -0.700. The maximum atomic E-state index is 10.2. The van der Waals surface area contributed by atoms with Gasteiger partial charge in [0.05, 0.1) is 0 Å². The molecular weight excluding hydrogens is 502 g/mol. The van der Waals surface area contributed by atoms with Gasteiger partial charge in [-0.3, -0.25) is 0 Å². The molecule has 0 aliphatic carbocycles. The highest BCUT2D eigenvalue weighted by Gasteiger charge is 2.13. The number of aliphatic hydroxyl groups excluding tert-OH is 2. The number of hydrogen-bond acceptors (Lipinski definition) is 2. The molecule has 0 saturated carbocycles. The van der Waals surface area contributed by atoms with Crippen molar-refractivity contribution in [3.63, 3.8) is 0 Å². The molecule has 0 radical (unpaired) electrons. The van der Waals surface area contributed by atoms with Crippen molar-refractivity contribution in [2.75, 3.05) is 0 Å². The highest BCUT2D eigenvalue weighted by Crippen LogP contribution is 2.25. The molecule has 0 saturated heterocycles. The first-order valence-electron chi connectivity index (χ1n) is 6.79. The van der Waals surface area contributed by atoms with Gasteiger partial charge >= 0.3 is 0 Å². The lowest BCUT2D eigenvalue weighted by atomic mass is 10.1. The van der Waals surface area contributed by atoms with Crippen LogP contribution in [0.4, 0.5) is 0 Å². The van der Waals surface area contributed by atoms with Crippen molar-refractivity contribution in [3.8, 4) is 0 Å². The lowest BCUT2D eigenvalue weighted by Crippen LogP contribution is -2.21. The van der Waals surface area contributed by atoms with E-state index in [1.54, 1.807) is 12.2 Å². The van der Waals surface area contributed by atoms with Gasteiger partial charge in [-0.2, -0.15) is 0 Å². The fraction of sp³-hybridized carbons (Fsp3) is 0.111. The van der Waals surface area contributed by atoms with Crippen LogP contribution >= 0.6 is 45.2 Å². The fourth-order valence-corrected chi connectivity index (χ4v) is 3.34. The third kappa shape index (κ3) is 5.19. The van der Waals surface area contributed by atoms with Crippen LogP contribution in [0.25, 0.3) is 7.16 Å². The Bertz CT molecular complexity index is 592. The molecule has 0 unspecified atom stereocenters. The molecule has 2 aromatic carbocycles. The van der Waals surface area contributed by atoms with Crippen LogP contribution in [0.3, 0.4) is 0 Å². The van der Waals surface area contributed by atoms with Gasteiger partial charge in [0.25, 0.3) is 0 Å². The van der Waals surface area contributed by atoms with Crippen molar-refractivity contribution in [1.82, 2.24) is 0 Å². The summed E-state index contributed by atoms with van der Waals surface area (Å²) < 4.78 is 1.82. The summed E-state index contributed by atoms with van der Waals surface area (Å²) in [6.07, 6.45) is 1.46. The first-order chi connectivity index (χ1) is 10.6. The van der Waals surface area contributed by atoms with Crippen LogP contribution in [-0.4, -0.2) is 22.4 Å². The Labute approximate surface area is 157 Å². The lowest BCUT2D eigenvalue weighted by molar-refractivity contribution is 0.0818. The van der Waals surface area contributed by atoms with E-state index in [0.29, 0.717) is 0 Å². The summed E-state index contributed by atoms with van der Waals surface area (Å²) in [7, 11) is 0. The normalized spacial score (nSPS) is 15.5. The summed E-state index contributed by atoms with van der Waals surface area (Å²) in [5, 5.41) is 20.3. The summed E-state index contributed by atoms with van der Waals surface area (Å²) in [5.41, 5.74) is 2.05. The minimum atomic E-state index is -0.944. The first-order valence-corrected chi connectivity index (χ1v) is 8.95. The molecule has 0 aliphatic heterocycles. The van der Waals surface area contributed by atoms with Crippen molar-refractivity contribution in [3.05, 3.63) is 83.9 Å². The van der Waals surface area contributed by atoms with Gasteiger partial charge in [-0.05, 0) is 68.5 Å². The van der Waals surface area contributed by atoms with Gasteiger partial charge in [0.15, 0.2) is 0 Å². The lowest BCUT2D eigenvalue weighted by Gasteiger charge is -2.13. The second-order valence-corrected chi connectivity index (χ2v) is 7.07. The highest BCUT2D eigenvalue weighted by molar-refractivity contribution is 14.1.